The number of benzene rings is 2. The Morgan fingerprint density at radius 2 is 1.77 bits per heavy atom. The number of methoxy groups -OCH3 is 1. The highest BCUT2D eigenvalue weighted by Gasteiger charge is 2.12. The van der Waals surface area contributed by atoms with Crippen LogP contribution in [0.5, 0.6) is 5.75 Å². The molecule has 2 N–H and O–H groups in total. The maximum atomic E-state index is 12.1. The van der Waals surface area contributed by atoms with Crippen molar-refractivity contribution >= 4 is 11.9 Å². The zero-order valence-corrected chi connectivity index (χ0v) is 15.2. The van der Waals surface area contributed by atoms with Crippen LogP contribution in [0.15, 0.2) is 48.5 Å². The highest BCUT2D eigenvalue weighted by atomic mass is 16.5. The van der Waals surface area contributed by atoms with Gasteiger partial charge in [0.05, 0.1) is 12.7 Å². The topological polar surface area (TPSA) is 75.6 Å². The molecule has 0 bridgehead atoms. The Morgan fingerprint density at radius 1 is 1.08 bits per heavy atom. The van der Waals surface area contributed by atoms with E-state index in [1.54, 1.807) is 31.4 Å². The number of amides is 1. The van der Waals surface area contributed by atoms with Crippen molar-refractivity contribution in [3.63, 3.8) is 0 Å². The van der Waals surface area contributed by atoms with E-state index in [9.17, 15) is 14.7 Å². The number of aromatic carboxylic acids is 1. The summed E-state index contributed by atoms with van der Waals surface area (Å²) in [5, 5.41) is 12.2. The van der Waals surface area contributed by atoms with Crippen molar-refractivity contribution in [3.05, 3.63) is 65.2 Å². The number of ether oxygens (including phenoxy) is 1. The molecule has 0 aromatic heterocycles. The third-order valence-corrected chi connectivity index (χ3v) is 4.30. The Kier molecular flexibility index (Phi) is 7.21. The van der Waals surface area contributed by atoms with Crippen LogP contribution in [0.25, 0.3) is 0 Å². The number of carboxylic acids is 1. The van der Waals surface area contributed by atoms with Gasteiger partial charge in [-0.15, -0.1) is 0 Å². The van der Waals surface area contributed by atoms with Crippen LogP contribution in [0.3, 0.4) is 0 Å². The lowest BCUT2D eigenvalue weighted by Crippen LogP contribution is -2.33. The first kappa shape index (κ1) is 19.5. The zero-order valence-electron chi connectivity index (χ0n) is 15.2. The first-order valence-corrected chi connectivity index (χ1v) is 8.73. The Morgan fingerprint density at radius 3 is 2.42 bits per heavy atom. The lowest BCUT2D eigenvalue weighted by molar-refractivity contribution is -0.121. The van der Waals surface area contributed by atoms with Gasteiger partial charge in [0.2, 0.25) is 5.91 Å². The molecule has 1 atom stereocenters. The van der Waals surface area contributed by atoms with Gasteiger partial charge < -0.3 is 15.2 Å². The smallest absolute Gasteiger partial charge is 0.335 e. The van der Waals surface area contributed by atoms with Crippen LogP contribution >= 0.6 is 0 Å². The molecule has 2 rings (SSSR count). The molecular formula is C21H25NO4. The molecule has 0 aliphatic heterocycles. The molecule has 26 heavy (non-hydrogen) atoms. The van der Waals surface area contributed by atoms with E-state index in [2.05, 4.69) is 5.32 Å². The van der Waals surface area contributed by atoms with Gasteiger partial charge in [0.25, 0.3) is 0 Å². The minimum atomic E-state index is -0.964. The Hall–Kier alpha value is -2.82. The molecule has 2 aromatic carbocycles. The first-order valence-electron chi connectivity index (χ1n) is 8.73. The molecule has 0 heterocycles. The standard InChI is InChI=1S/C21H25NO4/c1-15(7-8-16-9-12-18(26-2)13-10-16)22-20(23)14-11-17-5-3-4-6-19(17)21(24)25/h3-6,9-10,12-13,15H,7-8,11,14H2,1-2H3,(H,22,23)(H,24,25). The SMILES string of the molecule is COc1ccc(CCC(C)NC(=O)CCc2ccccc2C(=O)O)cc1. The minimum absolute atomic E-state index is 0.0549. The molecule has 1 amide bonds. The third kappa shape index (κ3) is 5.92. The summed E-state index contributed by atoms with van der Waals surface area (Å²) in [6.45, 7) is 1.98. The fourth-order valence-electron chi connectivity index (χ4n) is 2.79. The van der Waals surface area contributed by atoms with E-state index in [-0.39, 0.29) is 23.9 Å². The molecular weight excluding hydrogens is 330 g/mol. The summed E-state index contributed by atoms with van der Waals surface area (Å²) in [6, 6.07) is 14.8. The number of aryl methyl sites for hydroxylation is 2. The summed E-state index contributed by atoms with van der Waals surface area (Å²) in [7, 11) is 1.64. The molecule has 5 nitrogen and oxygen atoms in total. The summed E-state index contributed by atoms with van der Waals surface area (Å²) < 4.78 is 5.14. The van der Waals surface area contributed by atoms with Crippen molar-refractivity contribution in [2.24, 2.45) is 0 Å². The summed E-state index contributed by atoms with van der Waals surface area (Å²) in [5.41, 5.74) is 2.14. The summed E-state index contributed by atoms with van der Waals surface area (Å²) in [4.78, 5) is 23.3. The predicted molar refractivity (Wildman–Crippen MR) is 101 cm³/mol. The van der Waals surface area contributed by atoms with Crippen molar-refractivity contribution in [1.29, 1.82) is 0 Å². The molecule has 0 aliphatic carbocycles. The largest absolute Gasteiger partial charge is 0.497 e. The third-order valence-electron chi connectivity index (χ3n) is 4.30. The summed E-state index contributed by atoms with van der Waals surface area (Å²) in [6.07, 6.45) is 2.40. The van der Waals surface area contributed by atoms with Gasteiger partial charge in [-0.3, -0.25) is 4.79 Å². The monoisotopic (exact) mass is 355 g/mol. The fraction of sp³-hybridized carbons (Fsp3) is 0.333. The Bertz CT molecular complexity index is 740. The van der Waals surface area contributed by atoms with Crippen LogP contribution in [0.4, 0.5) is 0 Å². The molecule has 1 unspecified atom stereocenters. The number of carbonyl (C=O) groups excluding carboxylic acids is 1. The number of rotatable bonds is 9. The lowest BCUT2D eigenvalue weighted by Gasteiger charge is -2.14. The quantitative estimate of drug-likeness (QED) is 0.722. The molecule has 2 aromatic rings. The van der Waals surface area contributed by atoms with E-state index in [1.165, 1.54) is 5.56 Å². The van der Waals surface area contributed by atoms with Crippen molar-refractivity contribution in [1.82, 2.24) is 5.32 Å². The van der Waals surface area contributed by atoms with E-state index >= 15 is 0 Å². The van der Waals surface area contributed by atoms with Crippen LogP contribution in [0.2, 0.25) is 0 Å². The van der Waals surface area contributed by atoms with Gasteiger partial charge in [-0.05, 0) is 55.5 Å². The van der Waals surface area contributed by atoms with E-state index in [1.807, 2.05) is 31.2 Å². The van der Waals surface area contributed by atoms with Crippen molar-refractivity contribution < 1.29 is 19.4 Å². The van der Waals surface area contributed by atoms with Crippen LogP contribution in [0, 0.1) is 0 Å². The second kappa shape index (κ2) is 9.61. The van der Waals surface area contributed by atoms with E-state index < -0.39 is 5.97 Å². The maximum Gasteiger partial charge on any atom is 0.335 e. The molecule has 0 saturated carbocycles. The maximum absolute atomic E-state index is 12.1. The highest BCUT2D eigenvalue weighted by Crippen LogP contribution is 2.14. The first-order chi connectivity index (χ1) is 12.5. The van der Waals surface area contributed by atoms with Crippen LogP contribution < -0.4 is 10.1 Å². The van der Waals surface area contributed by atoms with Crippen LogP contribution in [-0.4, -0.2) is 30.1 Å². The second-order valence-electron chi connectivity index (χ2n) is 6.32. The molecule has 0 aliphatic rings. The Balaban J connectivity index is 1.77. The van der Waals surface area contributed by atoms with Gasteiger partial charge >= 0.3 is 5.97 Å². The number of carboxylic acid groups (broad SMARTS) is 1. The summed E-state index contributed by atoms with van der Waals surface area (Å²) in [5.74, 6) is -0.196. The van der Waals surface area contributed by atoms with Gasteiger partial charge in [-0.1, -0.05) is 30.3 Å². The number of carbonyl (C=O) groups is 2. The average molecular weight is 355 g/mol. The van der Waals surface area contributed by atoms with Crippen molar-refractivity contribution in [2.45, 2.75) is 38.6 Å². The highest BCUT2D eigenvalue weighted by molar-refractivity contribution is 5.89. The number of hydrogen-bond acceptors (Lipinski definition) is 3. The molecule has 5 heteroatoms. The molecule has 138 valence electrons. The predicted octanol–water partition coefficient (Wildman–Crippen LogP) is 3.46. The van der Waals surface area contributed by atoms with Gasteiger partial charge in [-0.25, -0.2) is 4.79 Å². The second-order valence-corrected chi connectivity index (χ2v) is 6.32. The lowest BCUT2D eigenvalue weighted by atomic mass is 10.0. The number of hydrogen-bond donors (Lipinski definition) is 2. The molecule has 0 saturated heterocycles. The Labute approximate surface area is 154 Å². The van der Waals surface area contributed by atoms with Gasteiger partial charge in [0.15, 0.2) is 0 Å². The zero-order chi connectivity index (χ0) is 18.9. The normalized spacial score (nSPS) is 11.6. The van der Waals surface area contributed by atoms with E-state index in [4.69, 9.17) is 4.74 Å². The molecule has 0 fully saturated rings. The minimum Gasteiger partial charge on any atom is -0.497 e. The van der Waals surface area contributed by atoms with Gasteiger partial charge in [-0.2, -0.15) is 0 Å². The molecule has 0 spiro atoms. The van der Waals surface area contributed by atoms with Crippen molar-refractivity contribution in [2.75, 3.05) is 7.11 Å². The summed E-state index contributed by atoms with van der Waals surface area (Å²) >= 11 is 0. The fourth-order valence-corrected chi connectivity index (χ4v) is 2.79. The van der Waals surface area contributed by atoms with Crippen LogP contribution in [0.1, 0.15) is 41.3 Å². The average Bonchev–Trinajstić information content (AvgIpc) is 2.65. The van der Waals surface area contributed by atoms with Gasteiger partial charge in [0.1, 0.15) is 5.75 Å². The van der Waals surface area contributed by atoms with E-state index in [0.717, 1.165) is 18.6 Å². The van der Waals surface area contributed by atoms with Crippen LogP contribution in [-0.2, 0) is 17.6 Å². The molecule has 0 radical (unpaired) electrons. The van der Waals surface area contributed by atoms with Gasteiger partial charge in [0, 0.05) is 12.5 Å². The van der Waals surface area contributed by atoms with Crippen molar-refractivity contribution in [3.8, 4) is 5.75 Å². The number of nitrogens with one attached hydrogen (secondary N) is 1. The van der Waals surface area contributed by atoms with E-state index in [0.29, 0.717) is 12.0 Å².